The normalized spacial score (nSPS) is 28.2. The van der Waals surface area contributed by atoms with Crippen LogP contribution in [0.1, 0.15) is 44.4 Å². The topological polar surface area (TPSA) is 60.5 Å². The van der Waals surface area contributed by atoms with Crippen molar-refractivity contribution in [1.29, 1.82) is 0 Å². The number of carbonyl (C=O) groups is 1. The quantitative estimate of drug-likeness (QED) is 0.932. The second-order valence-corrected chi connectivity index (χ2v) is 7.62. The first-order valence-electron chi connectivity index (χ1n) is 8.39. The third-order valence-electron chi connectivity index (χ3n) is 5.20. The number of carbonyl (C=O) groups excluding carboxylic acids is 1. The van der Waals surface area contributed by atoms with E-state index in [0.29, 0.717) is 29.9 Å². The molecule has 6 heteroatoms. The molecule has 0 bridgehead atoms. The Labute approximate surface area is 144 Å². The Kier molecular flexibility index (Phi) is 3.43. The number of amides is 1. The standard InChI is InChI=1S/C18H18N2O3S/c21-16(13-9-19-17(24-13)18-22-7-8-23-18)20-15-12-6-5-10-3-1-2-4-11(10)14(12)15/h1-4,9,12,14-15,18H,5-8H2,(H,20,21)/t12-,14-,15+/m0/s1. The van der Waals surface area contributed by atoms with E-state index in [1.54, 1.807) is 6.20 Å². The van der Waals surface area contributed by atoms with Crippen molar-refractivity contribution >= 4 is 17.2 Å². The molecule has 5 rings (SSSR count). The maximum Gasteiger partial charge on any atom is 0.263 e. The maximum absolute atomic E-state index is 12.6. The summed E-state index contributed by atoms with van der Waals surface area (Å²) in [6.45, 7) is 1.16. The van der Waals surface area contributed by atoms with Crippen LogP contribution in [0.4, 0.5) is 0 Å². The van der Waals surface area contributed by atoms with Gasteiger partial charge < -0.3 is 14.8 Å². The summed E-state index contributed by atoms with van der Waals surface area (Å²) in [6.07, 6.45) is 3.49. The van der Waals surface area contributed by atoms with Gasteiger partial charge >= 0.3 is 0 Å². The molecule has 24 heavy (non-hydrogen) atoms. The summed E-state index contributed by atoms with van der Waals surface area (Å²) in [5.41, 5.74) is 2.85. The minimum atomic E-state index is -0.410. The van der Waals surface area contributed by atoms with Crippen molar-refractivity contribution in [1.82, 2.24) is 10.3 Å². The highest BCUT2D eigenvalue weighted by Crippen LogP contribution is 2.54. The van der Waals surface area contributed by atoms with E-state index in [9.17, 15) is 4.79 Å². The molecule has 2 aliphatic carbocycles. The van der Waals surface area contributed by atoms with Crippen molar-refractivity contribution in [3.05, 3.63) is 51.5 Å². The lowest BCUT2D eigenvalue weighted by Crippen LogP contribution is -2.26. The van der Waals surface area contributed by atoms with Crippen LogP contribution < -0.4 is 5.32 Å². The average molecular weight is 342 g/mol. The third-order valence-corrected chi connectivity index (χ3v) is 6.22. The van der Waals surface area contributed by atoms with Crippen LogP contribution >= 0.6 is 11.3 Å². The summed E-state index contributed by atoms with van der Waals surface area (Å²) in [5, 5.41) is 3.93. The SMILES string of the molecule is O=C(N[C@@H]1[C@H]2CCc3ccccc3[C@@H]21)c1cnc(C2OCCO2)s1. The summed E-state index contributed by atoms with van der Waals surface area (Å²) >= 11 is 1.35. The zero-order chi connectivity index (χ0) is 16.1. The van der Waals surface area contributed by atoms with Crippen LogP contribution in [0, 0.1) is 5.92 Å². The van der Waals surface area contributed by atoms with Crippen molar-refractivity contribution in [2.75, 3.05) is 13.2 Å². The van der Waals surface area contributed by atoms with E-state index in [1.165, 1.54) is 22.5 Å². The van der Waals surface area contributed by atoms with Gasteiger partial charge in [0.05, 0.1) is 19.4 Å². The van der Waals surface area contributed by atoms with Gasteiger partial charge in [-0.1, -0.05) is 24.3 Å². The van der Waals surface area contributed by atoms with Crippen LogP contribution in [-0.2, 0) is 15.9 Å². The molecule has 3 aliphatic rings. The Morgan fingerprint density at radius 3 is 2.96 bits per heavy atom. The Morgan fingerprint density at radius 2 is 2.08 bits per heavy atom. The molecule has 0 unspecified atom stereocenters. The van der Waals surface area contributed by atoms with E-state index in [1.807, 2.05) is 0 Å². The van der Waals surface area contributed by atoms with E-state index in [4.69, 9.17) is 9.47 Å². The molecule has 1 saturated heterocycles. The third kappa shape index (κ3) is 2.37. The van der Waals surface area contributed by atoms with Gasteiger partial charge in [0.2, 0.25) is 6.29 Å². The van der Waals surface area contributed by atoms with Crippen LogP contribution in [0.2, 0.25) is 0 Å². The number of nitrogens with one attached hydrogen (secondary N) is 1. The van der Waals surface area contributed by atoms with Crippen LogP contribution in [-0.4, -0.2) is 30.1 Å². The van der Waals surface area contributed by atoms with Crippen LogP contribution in [0.15, 0.2) is 30.5 Å². The van der Waals surface area contributed by atoms with Gasteiger partial charge in [-0.15, -0.1) is 11.3 Å². The van der Waals surface area contributed by atoms with Crippen molar-refractivity contribution in [3.8, 4) is 0 Å². The van der Waals surface area contributed by atoms with Crippen LogP contribution in [0.3, 0.4) is 0 Å². The molecule has 1 aromatic heterocycles. The summed E-state index contributed by atoms with van der Waals surface area (Å²) in [6, 6.07) is 8.86. The summed E-state index contributed by atoms with van der Waals surface area (Å²) in [7, 11) is 0. The highest BCUT2D eigenvalue weighted by Gasteiger charge is 2.53. The first-order chi connectivity index (χ1) is 11.8. The fourth-order valence-corrected chi connectivity index (χ4v) is 4.81. The second-order valence-electron chi connectivity index (χ2n) is 6.56. The van der Waals surface area contributed by atoms with E-state index >= 15 is 0 Å². The van der Waals surface area contributed by atoms with Gasteiger partial charge in [-0.05, 0) is 29.9 Å². The smallest absolute Gasteiger partial charge is 0.263 e. The summed E-state index contributed by atoms with van der Waals surface area (Å²) in [5.74, 6) is 1.03. The molecule has 5 nitrogen and oxygen atoms in total. The minimum Gasteiger partial charge on any atom is -0.348 e. The fraction of sp³-hybridized carbons (Fsp3) is 0.444. The Morgan fingerprint density at radius 1 is 1.25 bits per heavy atom. The van der Waals surface area contributed by atoms with Gasteiger partial charge in [0.1, 0.15) is 9.88 Å². The highest BCUT2D eigenvalue weighted by atomic mass is 32.1. The molecule has 0 spiro atoms. The fourth-order valence-electron chi connectivity index (χ4n) is 3.99. The second kappa shape index (κ2) is 5.65. The van der Waals surface area contributed by atoms with Gasteiger partial charge in [-0.25, -0.2) is 4.98 Å². The number of benzene rings is 1. The predicted octanol–water partition coefficient (Wildman–Crippen LogP) is 2.65. The average Bonchev–Trinajstić information content (AvgIpc) is 3.04. The molecule has 1 saturated carbocycles. The first-order valence-corrected chi connectivity index (χ1v) is 9.20. The molecular weight excluding hydrogens is 324 g/mol. The molecule has 124 valence electrons. The molecule has 1 amide bonds. The van der Waals surface area contributed by atoms with E-state index in [2.05, 4.69) is 34.6 Å². The van der Waals surface area contributed by atoms with E-state index < -0.39 is 6.29 Å². The minimum absolute atomic E-state index is 0.0337. The highest BCUT2D eigenvalue weighted by molar-refractivity contribution is 7.13. The lowest BCUT2D eigenvalue weighted by atomic mass is 9.92. The lowest BCUT2D eigenvalue weighted by molar-refractivity contribution is -0.0442. The molecule has 0 radical (unpaired) electrons. The maximum atomic E-state index is 12.6. The molecule has 2 aromatic rings. The number of hydrogen-bond acceptors (Lipinski definition) is 5. The molecule has 2 heterocycles. The predicted molar refractivity (Wildman–Crippen MR) is 89.0 cm³/mol. The number of aromatic nitrogens is 1. The number of fused-ring (bicyclic) bond motifs is 3. The van der Waals surface area contributed by atoms with E-state index in [-0.39, 0.29) is 11.9 Å². The van der Waals surface area contributed by atoms with Gasteiger partial charge in [-0.2, -0.15) is 0 Å². The number of aryl methyl sites for hydroxylation is 1. The lowest BCUT2D eigenvalue weighted by Gasteiger charge is -2.13. The van der Waals surface area contributed by atoms with Crippen molar-refractivity contribution in [2.45, 2.75) is 31.1 Å². The van der Waals surface area contributed by atoms with Gasteiger partial charge in [-0.3, -0.25) is 4.79 Å². The van der Waals surface area contributed by atoms with Crippen LogP contribution in [0.5, 0.6) is 0 Å². The number of nitrogens with zero attached hydrogens (tertiary/aromatic N) is 1. The van der Waals surface area contributed by atoms with Gasteiger partial charge in [0, 0.05) is 12.0 Å². The molecular formula is C18H18N2O3S. The summed E-state index contributed by atoms with van der Waals surface area (Å²) < 4.78 is 10.9. The Balaban J connectivity index is 1.29. The Bertz CT molecular complexity index is 784. The van der Waals surface area contributed by atoms with E-state index in [0.717, 1.165) is 17.8 Å². The zero-order valence-corrected chi connectivity index (χ0v) is 13.9. The zero-order valence-electron chi connectivity index (χ0n) is 13.1. The number of thiazole rings is 1. The Hall–Kier alpha value is -1.76. The van der Waals surface area contributed by atoms with Gasteiger partial charge in [0.15, 0.2) is 0 Å². The monoisotopic (exact) mass is 342 g/mol. The largest absolute Gasteiger partial charge is 0.348 e. The molecule has 1 N–H and O–H groups in total. The van der Waals surface area contributed by atoms with Crippen molar-refractivity contribution in [2.24, 2.45) is 5.92 Å². The molecule has 2 fully saturated rings. The van der Waals surface area contributed by atoms with Gasteiger partial charge in [0.25, 0.3) is 5.91 Å². The first kappa shape index (κ1) is 14.6. The van der Waals surface area contributed by atoms with Crippen LogP contribution in [0.25, 0.3) is 0 Å². The molecule has 3 atom stereocenters. The number of hydrogen-bond donors (Lipinski definition) is 1. The number of rotatable bonds is 3. The molecule has 1 aromatic carbocycles. The number of ether oxygens (including phenoxy) is 2. The van der Waals surface area contributed by atoms with Crippen molar-refractivity contribution < 1.29 is 14.3 Å². The summed E-state index contributed by atoms with van der Waals surface area (Å²) in [4.78, 5) is 17.5. The van der Waals surface area contributed by atoms with Crippen molar-refractivity contribution in [3.63, 3.8) is 0 Å². The molecule has 1 aliphatic heterocycles.